The third kappa shape index (κ3) is 4.93. The van der Waals surface area contributed by atoms with Gasteiger partial charge in [0, 0.05) is 22.8 Å². The summed E-state index contributed by atoms with van der Waals surface area (Å²) in [5.41, 5.74) is 3.45. The molecule has 0 radical (unpaired) electrons. The number of esters is 1. The number of carbonyl (C=O) groups excluding carboxylic acids is 1. The van der Waals surface area contributed by atoms with E-state index in [0.29, 0.717) is 17.8 Å². The van der Waals surface area contributed by atoms with Gasteiger partial charge in [0.05, 0.1) is 19.2 Å². The second kappa shape index (κ2) is 9.25. The van der Waals surface area contributed by atoms with Gasteiger partial charge < -0.3 is 14.0 Å². The van der Waals surface area contributed by atoms with Crippen LogP contribution < -0.4 is 4.74 Å². The molecule has 176 valence electrons. The highest BCUT2D eigenvalue weighted by Crippen LogP contribution is 2.28. The Morgan fingerprint density at radius 3 is 2.41 bits per heavy atom. The number of nitrogens with zero attached hydrogens (tertiary/aromatic N) is 3. The van der Waals surface area contributed by atoms with Crippen molar-refractivity contribution in [2.45, 2.75) is 46.1 Å². The Kier molecular flexibility index (Phi) is 6.37. The van der Waals surface area contributed by atoms with Gasteiger partial charge in [0.15, 0.2) is 17.4 Å². The zero-order chi connectivity index (χ0) is 24.5. The van der Waals surface area contributed by atoms with E-state index in [4.69, 9.17) is 14.5 Å². The Morgan fingerprint density at radius 1 is 1.06 bits per heavy atom. The topological polar surface area (TPSA) is 66.2 Å². The van der Waals surface area contributed by atoms with Crippen LogP contribution in [-0.2, 0) is 22.4 Å². The molecule has 0 atom stereocenters. The number of fused-ring (bicyclic) bond motifs is 1. The number of carbonyl (C=O) groups is 1. The fourth-order valence-electron chi connectivity index (χ4n) is 3.81. The van der Waals surface area contributed by atoms with E-state index in [-0.39, 0.29) is 18.1 Å². The van der Waals surface area contributed by atoms with Crippen LogP contribution in [-0.4, -0.2) is 33.2 Å². The van der Waals surface area contributed by atoms with Gasteiger partial charge >= 0.3 is 5.97 Å². The van der Waals surface area contributed by atoms with Crippen molar-refractivity contribution >= 4 is 17.0 Å². The van der Waals surface area contributed by atoms with Crippen LogP contribution in [0.25, 0.3) is 28.1 Å². The second-order valence-corrected chi connectivity index (χ2v) is 9.05. The fourth-order valence-corrected chi connectivity index (χ4v) is 3.81. The summed E-state index contributed by atoms with van der Waals surface area (Å²) < 4.78 is 26.7. The van der Waals surface area contributed by atoms with Gasteiger partial charge in [-0.25, -0.2) is 14.4 Å². The normalized spacial score (nSPS) is 11.6. The van der Waals surface area contributed by atoms with Crippen LogP contribution in [0.15, 0.2) is 54.7 Å². The first-order valence-electron chi connectivity index (χ1n) is 11.2. The number of hydrogen-bond acceptors (Lipinski definition) is 5. The molecule has 0 aliphatic heterocycles. The van der Waals surface area contributed by atoms with E-state index in [1.165, 1.54) is 13.2 Å². The molecule has 0 spiro atoms. The molecule has 0 saturated carbocycles. The summed E-state index contributed by atoms with van der Waals surface area (Å²) in [5, 5.41) is 0.943. The minimum Gasteiger partial charge on any atom is -0.494 e. The second-order valence-electron chi connectivity index (χ2n) is 9.05. The monoisotopic (exact) mass is 461 g/mol. The molecule has 2 heterocycles. The Morgan fingerprint density at radius 2 is 1.79 bits per heavy atom. The highest BCUT2D eigenvalue weighted by molar-refractivity contribution is 5.82. The lowest BCUT2D eigenvalue weighted by molar-refractivity contribution is -0.153. The fraction of sp³-hybridized carbons (Fsp3) is 0.296. The van der Waals surface area contributed by atoms with Crippen molar-refractivity contribution in [3.63, 3.8) is 0 Å². The number of halogens is 1. The quantitative estimate of drug-likeness (QED) is 0.346. The summed E-state index contributed by atoms with van der Waals surface area (Å²) in [6, 6.07) is 14.4. The molecule has 0 aliphatic rings. The molecule has 0 bridgehead atoms. The molecule has 0 saturated heterocycles. The molecule has 4 rings (SSSR count). The lowest BCUT2D eigenvalue weighted by Gasteiger charge is -2.19. The number of benzene rings is 2. The molecule has 0 fully saturated rings. The zero-order valence-electron chi connectivity index (χ0n) is 20.1. The van der Waals surface area contributed by atoms with Crippen molar-refractivity contribution in [2.24, 2.45) is 0 Å². The average Bonchev–Trinajstić information content (AvgIpc) is 3.21. The van der Waals surface area contributed by atoms with Crippen molar-refractivity contribution in [1.82, 2.24) is 14.5 Å². The summed E-state index contributed by atoms with van der Waals surface area (Å²) in [6.45, 7) is 7.59. The Balaban J connectivity index is 1.69. The SMILES string of the molecule is CCc1nc(-c2ccc(OC)c(F)c2)nc2c1ccn2-c1ccc(CC(=O)OC(C)(C)C)cc1. The van der Waals surface area contributed by atoms with Crippen molar-refractivity contribution in [3.8, 4) is 22.8 Å². The van der Waals surface area contributed by atoms with E-state index in [2.05, 4.69) is 4.98 Å². The van der Waals surface area contributed by atoms with Gasteiger partial charge in [-0.1, -0.05) is 19.1 Å². The minimum absolute atomic E-state index is 0.176. The maximum absolute atomic E-state index is 14.3. The van der Waals surface area contributed by atoms with Crippen LogP contribution in [0.5, 0.6) is 5.75 Å². The smallest absolute Gasteiger partial charge is 0.310 e. The summed E-state index contributed by atoms with van der Waals surface area (Å²) in [4.78, 5) is 21.6. The summed E-state index contributed by atoms with van der Waals surface area (Å²) in [5.74, 6) is -0.0937. The Bertz CT molecular complexity index is 1340. The highest BCUT2D eigenvalue weighted by atomic mass is 19.1. The third-order valence-electron chi connectivity index (χ3n) is 5.35. The molecule has 2 aromatic heterocycles. The predicted molar refractivity (Wildman–Crippen MR) is 130 cm³/mol. The van der Waals surface area contributed by atoms with Gasteiger partial charge in [-0.05, 0) is 69.2 Å². The molecular weight excluding hydrogens is 433 g/mol. The summed E-state index contributed by atoms with van der Waals surface area (Å²) in [6.07, 6.45) is 2.86. The predicted octanol–water partition coefficient (Wildman–Crippen LogP) is 5.68. The summed E-state index contributed by atoms with van der Waals surface area (Å²) >= 11 is 0. The van der Waals surface area contributed by atoms with E-state index in [1.807, 2.05) is 68.8 Å². The highest BCUT2D eigenvalue weighted by Gasteiger charge is 2.17. The first-order chi connectivity index (χ1) is 16.2. The largest absolute Gasteiger partial charge is 0.494 e. The van der Waals surface area contributed by atoms with Crippen molar-refractivity contribution in [2.75, 3.05) is 7.11 Å². The van der Waals surface area contributed by atoms with Crippen molar-refractivity contribution in [1.29, 1.82) is 0 Å². The van der Waals surface area contributed by atoms with Gasteiger partial charge in [-0.15, -0.1) is 0 Å². The molecule has 7 heteroatoms. The first kappa shape index (κ1) is 23.4. The lowest BCUT2D eigenvalue weighted by Crippen LogP contribution is -2.24. The number of aromatic nitrogens is 3. The molecule has 0 unspecified atom stereocenters. The van der Waals surface area contributed by atoms with Gasteiger partial charge in [0.1, 0.15) is 11.2 Å². The number of aryl methyl sites for hydroxylation is 1. The van der Waals surface area contributed by atoms with Gasteiger partial charge in [-0.2, -0.15) is 0 Å². The molecule has 6 nitrogen and oxygen atoms in total. The van der Waals surface area contributed by atoms with Gasteiger partial charge in [0.25, 0.3) is 0 Å². The zero-order valence-corrected chi connectivity index (χ0v) is 20.1. The van der Waals surface area contributed by atoms with Crippen LogP contribution in [0.3, 0.4) is 0 Å². The number of hydrogen-bond donors (Lipinski definition) is 0. The number of ether oxygens (including phenoxy) is 2. The molecular formula is C27H28FN3O3. The maximum Gasteiger partial charge on any atom is 0.310 e. The van der Waals surface area contributed by atoms with Crippen LogP contribution >= 0.6 is 0 Å². The Hall–Kier alpha value is -3.74. The summed E-state index contributed by atoms with van der Waals surface area (Å²) in [7, 11) is 1.43. The molecule has 0 aliphatic carbocycles. The van der Waals surface area contributed by atoms with Crippen molar-refractivity contribution < 1.29 is 18.7 Å². The van der Waals surface area contributed by atoms with Gasteiger partial charge in [0.2, 0.25) is 0 Å². The molecule has 0 N–H and O–H groups in total. The van der Waals surface area contributed by atoms with Crippen LogP contribution in [0.1, 0.15) is 39.0 Å². The maximum atomic E-state index is 14.3. The van der Waals surface area contributed by atoms with Crippen molar-refractivity contribution in [3.05, 3.63) is 71.8 Å². The molecule has 34 heavy (non-hydrogen) atoms. The van der Waals surface area contributed by atoms with E-state index in [1.54, 1.807) is 12.1 Å². The number of rotatable bonds is 6. The lowest BCUT2D eigenvalue weighted by atomic mass is 10.1. The first-order valence-corrected chi connectivity index (χ1v) is 11.2. The van der Waals surface area contributed by atoms with E-state index in [0.717, 1.165) is 28.0 Å². The number of methoxy groups -OCH3 is 1. The van der Waals surface area contributed by atoms with E-state index < -0.39 is 11.4 Å². The van der Waals surface area contributed by atoms with Crippen LogP contribution in [0.2, 0.25) is 0 Å². The van der Waals surface area contributed by atoms with Gasteiger partial charge in [-0.3, -0.25) is 4.79 Å². The van der Waals surface area contributed by atoms with Crippen LogP contribution in [0, 0.1) is 5.82 Å². The molecule has 4 aromatic rings. The molecule has 0 amide bonds. The minimum atomic E-state index is -0.512. The average molecular weight is 462 g/mol. The van der Waals surface area contributed by atoms with E-state index >= 15 is 0 Å². The standard InChI is InChI=1S/C27H28FN3O3/c1-6-22-20-13-14-31(19-10-7-17(8-11-19)15-24(32)34-27(2,3)4)26(20)30-25(29-22)18-9-12-23(33-5)21(28)16-18/h7-14,16H,6,15H2,1-5H3. The third-order valence-corrected chi connectivity index (χ3v) is 5.35. The van der Waals surface area contributed by atoms with Crippen LogP contribution in [0.4, 0.5) is 4.39 Å². The Labute approximate surface area is 198 Å². The molecule has 2 aromatic carbocycles. The van der Waals surface area contributed by atoms with E-state index in [9.17, 15) is 9.18 Å².